The molecule has 1 N–H and O–H groups in total. The van der Waals surface area contributed by atoms with Crippen molar-refractivity contribution in [2.45, 2.75) is 13.2 Å². The van der Waals surface area contributed by atoms with Gasteiger partial charge in [-0.05, 0) is 29.8 Å². The van der Waals surface area contributed by atoms with E-state index in [1.807, 2.05) is 28.8 Å². The summed E-state index contributed by atoms with van der Waals surface area (Å²) in [6.07, 6.45) is 1.67. The Morgan fingerprint density at radius 2 is 2.04 bits per heavy atom. The SMILES string of the molecule is COCc1ccc(Cn2cnc3c(=O)[nH]c4ccc(Cl)cc4c32)c(OC)c1. The zero-order valence-corrected chi connectivity index (χ0v) is 15.7. The van der Waals surface area contributed by atoms with Crippen LogP contribution in [0.15, 0.2) is 47.5 Å². The maximum atomic E-state index is 12.4. The molecule has 0 bridgehead atoms. The topological polar surface area (TPSA) is 69.1 Å². The Bertz CT molecular complexity index is 1200. The van der Waals surface area contributed by atoms with Crippen molar-refractivity contribution in [1.82, 2.24) is 14.5 Å². The average molecular weight is 384 g/mol. The number of rotatable bonds is 5. The van der Waals surface area contributed by atoms with E-state index in [1.165, 1.54) is 0 Å². The van der Waals surface area contributed by atoms with Crippen molar-refractivity contribution < 1.29 is 9.47 Å². The molecule has 0 atom stereocenters. The molecule has 0 aliphatic heterocycles. The Morgan fingerprint density at radius 3 is 2.81 bits per heavy atom. The molecule has 2 heterocycles. The van der Waals surface area contributed by atoms with E-state index in [2.05, 4.69) is 9.97 Å². The van der Waals surface area contributed by atoms with Crippen LogP contribution in [0.2, 0.25) is 5.02 Å². The lowest BCUT2D eigenvalue weighted by molar-refractivity contribution is 0.184. The molecular weight excluding hydrogens is 366 g/mol. The number of ether oxygens (including phenoxy) is 2. The summed E-state index contributed by atoms with van der Waals surface area (Å²) < 4.78 is 12.7. The fourth-order valence-corrected chi connectivity index (χ4v) is 3.49. The molecule has 7 heteroatoms. The molecule has 0 fully saturated rings. The summed E-state index contributed by atoms with van der Waals surface area (Å²) in [6, 6.07) is 11.4. The van der Waals surface area contributed by atoms with Gasteiger partial charge in [0.1, 0.15) is 5.75 Å². The van der Waals surface area contributed by atoms with Crippen LogP contribution in [0.3, 0.4) is 0 Å². The first-order chi connectivity index (χ1) is 13.1. The molecule has 2 aromatic carbocycles. The largest absolute Gasteiger partial charge is 0.496 e. The number of aromatic nitrogens is 3. The van der Waals surface area contributed by atoms with E-state index >= 15 is 0 Å². The maximum Gasteiger partial charge on any atom is 0.276 e. The Balaban J connectivity index is 1.87. The number of imidazole rings is 1. The van der Waals surface area contributed by atoms with Crippen LogP contribution in [0.5, 0.6) is 5.75 Å². The normalized spacial score (nSPS) is 11.4. The molecule has 4 rings (SSSR count). The van der Waals surface area contributed by atoms with Gasteiger partial charge >= 0.3 is 0 Å². The number of methoxy groups -OCH3 is 2. The molecule has 27 heavy (non-hydrogen) atoms. The summed E-state index contributed by atoms with van der Waals surface area (Å²) in [5, 5.41) is 1.45. The van der Waals surface area contributed by atoms with Crippen LogP contribution in [-0.4, -0.2) is 28.8 Å². The van der Waals surface area contributed by atoms with Gasteiger partial charge in [-0.25, -0.2) is 4.98 Å². The summed E-state index contributed by atoms with van der Waals surface area (Å²) in [7, 11) is 3.30. The molecule has 0 amide bonds. The van der Waals surface area contributed by atoms with E-state index in [-0.39, 0.29) is 5.56 Å². The molecule has 0 saturated heterocycles. The lowest BCUT2D eigenvalue weighted by Crippen LogP contribution is -2.08. The summed E-state index contributed by atoms with van der Waals surface area (Å²) in [5.74, 6) is 0.763. The average Bonchev–Trinajstić information content (AvgIpc) is 3.08. The van der Waals surface area contributed by atoms with E-state index in [1.54, 1.807) is 32.7 Å². The number of benzene rings is 2. The second-order valence-electron chi connectivity index (χ2n) is 6.29. The van der Waals surface area contributed by atoms with Crippen molar-refractivity contribution in [3.05, 3.63) is 69.2 Å². The molecule has 0 radical (unpaired) electrons. The van der Waals surface area contributed by atoms with E-state index in [0.29, 0.717) is 23.7 Å². The van der Waals surface area contributed by atoms with Crippen LogP contribution in [0.1, 0.15) is 11.1 Å². The van der Waals surface area contributed by atoms with Crippen molar-refractivity contribution in [3.8, 4) is 5.75 Å². The molecule has 0 saturated carbocycles. The van der Waals surface area contributed by atoms with Crippen molar-refractivity contribution in [1.29, 1.82) is 0 Å². The molecule has 0 unspecified atom stereocenters. The van der Waals surface area contributed by atoms with E-state index in [0.717, 1.165) is 33.3 Å². The Morgan fingerprint density at radius 1 is 1.19 bits per heavy atom. The van der Waals surface area contributed by atoms with Crippen molar-refractivity contribution in [2.75, 3.05) is 14.2 Å². The summed E-state index contributed by atoms with van der Waals surface area (Å²) >= 11 is 6.18. The van der Waals surface area contributed by atoms with Gasteiger partial charge in [-0.15, -0.1) is 0 Å². The number of nitrogens with one attached hydrogen (secondary N) is 1. The first-order valence-corrected chi connectivity index (χ1v) is 8.79. The van der Waals surface area contributed by atoms with Gasteiger partial charge in [-0.3, -0.25) is 4.79 Å². The highest BCUT2D eigenvalue weighted by Gasteiger charge is 2.14. The Kier molecular flexibility index (Phi) is 4.59. The van der Waals surface area contributed by atoms with Gasteiger partial charge in [-0.1, -0.05) is 23.7 Å². The van der Waals surface area contributed by atoms with Gasteiger partial charge in [0.2, 0.25) is 0 Å². The third kappa shape index (κ3) is 3.18. The van der Waals surface area contributed by atoms with E-state index in [4.69, 9.17) is 21.1 Å². The van der Waals surface area contributed by atoms with Crippen LogP contribution in [0.4, 0.5) is 0 Å². The highest BCUT2D eigenvalue weighted by Crippen LogP contribution is 2.27. The smallest absolute Gasteiger partial charge is 0.276 e. The van der Waals surface area contributed by atoms with Gasteiger partial charge < -0.3 is 19.0 Å². The lowest BCUT2D eigenvalue weighted by Gasteiger charge is -2.12. The van der Waals surface area contributed by atoms with Crippen molar-refractivity contribution in [2.24, 2.45) is 0 Å². The third-order valence-corrected chi connectivity index (χ3v) is 4.78. The minimum Gasteiger partial charge on any atom is -0.496 e. The molecule has 138 valence electrons. The van der Waals surface area contributed by atoms with Crippen LogP contribution >= 0.6 is 11.6 Å². The fraction of sp³-hybridized carbons (Fsp3) is 0.200. The molecule has 4 aromatic rings. The Hall–Kier alpha value is -2.83. The summed E-state index contributed by atoms with van der Waals surface area (Å²) in [5.41, 5.74) is 3.65. The lowest BCUT2D eigenvalue weighted by atomic mass is 10.1. The van der Waals surface area contributed by atoms with Gasteiger partial charge in [0.25, 0.3) is 5.56 Å². The zero-order chi connectivity index (χ0) is 19.0. The first-order valence-electron chi connectivity index (χ1n) is 8.42. The molecule has 0 aliphatic rings. The van der Waals surface area contributed by atoms with Crippen molar-refractivity contribution in [3.63, 3.8) is 0 Å². The minimum atomic E-state index is -0.221. The number of fused-ring (bicyclic) bond motifs is 3. The first kappa shape index (κ1) is 17.6. The van der Waals surface area contributed by atoms with Crippen LogP contribution in [0, 0.1) is 0 Å². The monoisotopic (exact) mass is 383 g/mol. The van der Waals surface area contributed by atoms with Crippen LogP contribution in [0.25, 0.3) is 21.9 Å². The number of H-pyrrole nitrogens is 1. The van der Waals surface area contributed by atoms with Crippen LogP contribution < -0.4 is 10.3 Å². The fourth-order valence-electron chi connectivity index (χ4n) is 3.31. The number of hydrogen-bond donors (Lipinski definition) is 1. The zero-order valence-electron chi connectivity index (χ0n) is 15.0. The van der Waals surface area contributed by atoms with Gasteiger partial charge in [0, 0.05) is 23.1 Å². The second kappa shape index (κ2) is 7.06. The number of aromatic amines is 1. The highest BCUT2D eigenvalue weighted by molar-refractivity contribution is 6.31. The third-order valence-electron chi connectivity index (χ3n) is 4.54. The predicted octanol–water partition coefficient (Wildman–Crippen LogP) is 3.73. The quantitative estimate of drug-likeness (QED) is 0.570. The van der Waals surface area contributed by atoms with Gasteiger partial charge in [0.15, 0.2) is 5.52 Å². The number of pyridine rings is 1. The predicted molar refractivity (Wildman–Crippen MR) is 106 cm³/mol. The summed E-state index contributed by atoms with van der Waals surface area (Å²) in [4.78, 5) is 19.5. The van der Waals surface area contributed by atoms with E-state index in [9.17, 15) is 4.79 Å². The molecule has 2 aromatic heterocycles. The number of nitrogens with zero attached hydrogens (tertiary/aromatic N) is 2. The highest BCUT2D eigenvalue weighted by atomic mass is 35.5. The number of hydrogen-bond acceptors (Lipinski definition) is 4. The Labute approximate surface area is 160 Å². The molecule has 0 aliphatic carbocycles. The molecular formula is C20H18ClN3O3. The second-order valence-corrected chi connectivity index (χ2v) is 6.73. The maximum absolute atomic E-state index is 12.4. The standard InChI is InChI=1S/C20H18ClN3O3/c1-26-10-12-3-4-13(17(7-12)27-2)9-24-11-22-18-19(24)15-8-14(21)5-6-16(15)23-20(18)25/h3-8,11H,9-10H2,1-2H3,(H,23,25). The van der Waals surface area contributed by atoms with Crippen molar-refractivity contribution >= 4 is 33.5 Å². The van der Waals surface area contributed by atoms with Gasteiger partial charge in [-0.2, -0.15) is 0 Å². The van der Waals surface area contributed by atoms with Crippen LogP contribution in [-0.2, 0) is 17.9 Å². The minimum absolute atomic E-state index is 0.221. The molecule has 6 nitrogen and oxygen atoms in total. The molecule has 0 spiro atoms. The van der Waals surface area contributed by atoms with Gasteiger partial charge in [0.05, 0.1) is 37.6 Å². The summed E-state index contributed by atoms with van der Waals surface area (Å²) in [6.45, 7) is 1.03. The van der Waals surface area contributed by atoms with E-state index < -0.39 is 0 Å². The number of halogens is 1.